The van der Waals surface area contributed by atoms with Crippen molar-refractivity contribution in [1.82, 2.24) is 0 Å². The normalized spacial score (nSPS) is 13.4. The number of rotatable bonds is 6. The molecule has 0 aliphatic carbocycles. The maximum Gasteiger partial charge on any atom is 0.287 e. The Kier molecular flexibility index (Phi) is 5.81. The van der Waals surface area contributed by atoms with Crippen molar-refractivity contribution >= 4 is 18.4 Å². The van der Waals surface area contributed by atoms with Gasteiger partial charge in [-0.2, -0.15) is 8.42 Å². The van der Waals surface area contributed by atoms with Gasteiger partial charge in [-0.25, -0.2) is 0 Å². The molecule has 0 saturated heterocycles. The second-order valence-electron chi connectivity index (χ2n) is 6.67. The summed E-state index contributed by atoms with van der Waals surface area (Å²) in [5.74, 6) is 0. The zero-order chi connectivity index (χ0) is 16.4. The van der Waals surface area contributed by atoms with Crippen LogP contribution in [0.5, 0.6) is 0 Å². The van der Waals surface area contributed by atoms with Crippen LogP contribution in [0.25, 0.3) is 0 Å². The third-order valence-corrected chi connectivity index (χ3v) is 12.6. The lowest BCUT2D eigenvalue weighted by Crippen LogP contribution is -2.49. The summed E-state index contributed by atoms with van der Waals surface area (Å²) in [5.41, 5.74) is 1.74. The molecule has 1 aromatic rings. The Morgan fingerprint density at radius 2 is 1.24 bits per heavy atom. The molecule has 0 fully saturated rings. The van der Waals surface area contributed by atoms with Gasteiger partial charge in [0.05, 0.1) is 4.90 Å². The molecule has 1 aromatic carbocycles. The van der Waals surface area contributed by atoms with E-state index in [9.17, 15) is 8.42 Å². The third kappa shape index (κ3) is 3.76. The molecule has 0 saturated carbocycles. The van der Waals surface area contributed by atoms with Gasteiger partial charge in [-0.15, -0.1) is 0 Å². The second-order valence-corrected chi connectivity index (χ2v) is 13.9. The first-order chi connectivity index (χ1) is 9.54. The van der Waals surface area contributed by atoms with Gasteiger partial charge < -0.3 is 3.87 Å². The number of aryl methyl sites for hydroxylation is 1. The lowest BCUT2D eigenvalue weighted by atomic mass is 10.2. The zero-order valence-electron chi connectivity index (χ0n) is 14.2. The number of benzene rings is 1. The molecule has 0 atom stereocenters. The zero-order valence-corrected chi connectivity index (χ0v) is 16.0. The minimum absolute atomic E-state index is 0.234. The van der Waals surface area contributed by atoms with Crippen LogP contribution < -0.4 is 0 Å². The van der Waals surface area contributed by atoms with Crippen LogP contribution in [0.4, 0.5) is 0 Å². The van der Waals surface area contributed by atoms with Crippen molar-refractivity contribution in [3.05, 3.63) is 29.8 Å². The molecule has 21 heavy (non-hydrogen) atoms. The first-order valence-electron chi connectivity index (χ1n) is 7.56. The Hall–Kier alpha value is -0.653. The largest absolute Gasteiger partial charge is 0.310 e. The van der Waals surface area contributed by atoms with E-state index in [0.29, 0.717) is 0 Å². The summed E-state index contributed by atoms with van der Waals surface area (Å²) >= 11 is 0. The van der Waals surface area contributed by atoms with Crippen LogP contribution in [0.2, 0.25) is 16.6 Å². The summed E-state index contributed by atoms with van der Waals surface area (Å²) in [6, 6.07) is 6.87. The Balaban J connectivity index is 3.28. The molecule has 0 radical (unpaired) electrons. The van der Waals surface area contributed by atoms with E-state index < -0.39 is 18.4 Å². The molecule has 0 N–H and O–H groups in total. The molecule has 0 aliphatic rings. The van der Waals surface area contributed by atoms with Crippen LogP contribution in [0, 0.1) is 6.92 Å². The van der Waals surface area contributed by atoms with Gasteiger partial charge in [0.2, 0.25) is 8.32 Å². The summed E-state index contributed by atoms with van der Waals surface area (Å²) in [7, 11) is -6.16. The molecule has 0 aliphatic heterocycles. The van der Waals surface area contributed by atoms with E-state index in [-0.39, 0.29) is 21.5 Å². The van der Waals surface area contributed by atoms with E-state index in [2.05, 4.69) is 41.5 Å². The summed E-state index contributed by atoms with van der Waals surface area (Å²) in [4.78, 5) is 0.256. The van der Waals surface area contributed by atoms with Gasteiger partial charge in [-0.05, 0) is 35.7 Å². The van der Waals surface area contributed by atoms with E-state index in [1.54, 1.807) is 24.3 Å². The highest BCUT2D eigenvalue weighted by Gasteiger charge is 2.49. The van der Waals surface area contributed by atoms with Gasteiger partial charge in [-0.1, -0.05) is 59.2 Å². The second kappa shape index (κ2) is 6.63. The smallest absolute Gasteiger partial charge is 0.287 e. The van der Waals surface area contributed by atoms with Crippen molar-refractivity contribution in [3.63, 3.8) is 0 Å². The van der Waals surface area contributed by atoms with E-state index in [1.807, 2.05) is 6.92 Å². The molecule has 3 nitrogen and oxygen atoms in total. The molecule has 0 unspecified atom stereocenters. The van der Waals surface area contributed by atoms with Gasteiger partial charge in [0.15, 0.2) is 0 Å². The Bertz CT molecular complexity index is 538. The highest BCUT2D eigenvalue weighted by Crippen LogP contribution is 2.44. The number of hydrogen-bond acceptors (Lipinski definition) is 3. The molecule has 0 amide bonds. The molecule has 0 heterocycles. The average molecular weight is 329 g/mol. The lowest BCUT2D eigenvalue weighted by Gasteiger charge is -2.40. The van der Waals surface area contributed by atoms with Crippen LogP contribution >= 0.6 is 0 Å². The standard InChI is InChI=1S/C16H28O3SSi/c1-12(2)21(13(3)4,14(5)6)19-20(17,18)16-10-8-15(7)9-11-16/h8-14H,1-7H3. The molecule has 1 rings (SSSR count). The maximum atomic E-state index is 12.7. The summed E-state index contributed by atoms with van der Waals surface area (Å²) < 4.78 is 31.3. The molecule has 5 heteroatoms. The fraction of sp³-hybridized carbons (Fsp3) is 0.625. The fourth-order valence-corrected chi connectivity index (χ4v) is 11.9. The van der Waals surface area contributed by atoms with Crippen LogP contribution in [0.15, 0.2) is 29.2 Å². The van der Waals surface area contributed by atoms with Gasteiger partial charge in [0, 0.05) is 0 Å². The highest BCUT2D eigenvalue weighted by atomic mass is 32.2. The number of hydrogen-bond donors (Lipinski definition) is 0. The minimum atomic E-state index is -3.71. The van der Waals surface area contributed by atoms with Crippen LogP contribution in [0.3, 0.4) is 0 Å². The van der Waals surface area contributed by atoms with Crippen LogP contribution in [0.1, 0.15) is 47.1 Å². The van der Waals surface area contributed by atoms with E-state index in [4.69, 9.17) is 3.87 Å². The van der Waals surface area contributed by atoms with Gasteiger partial charge >= 0.3 is 0 Å². The van der Waals surface area contributed by atoms with Gasteiger partial charge in [0.1, 0.15) is 0 Å². The Morgan fingerprint density at radius 1 is 0.857 bits per heavy atom. The van der Waals surface area contributed by atoms with Gasteiger partial charge in [0.25, 0.3) is 10.1 Å². The fourth-order valence-electron chi connectivity index (χ4n) is 3.23. The SMILES string of the molecule is Cc1ccc(S(=O)(=O)O[Si](C(C)C)(C(C)C)C(C)C)cc1. The topological polar surface area (TPSA) is 43.4 Å². The maximum absolute atomic E-state index is 12.7. The molecular weight excluding hydrogens is 300 g/mol. The van der Waals surface area contributed by atoms with Crippen molar-refractivity contribution in [2.45, 2.75) is 70.0 Å². The van der Waals surface area contributed by atoms with Crippen molar-refractivity contribution in [1.29, 1.82) is 0 Å². The van der Waals surface area contributed by atoms with E-state index in [0.717, 1.165) is 5.56 Å². The molecule has 0 aromatic heterocycles. The van der Waals surface area contributed by atoms with Crippen LogP contribution in [-0.2, 0) is 14.0 Å². The summed E-state index contributed by atoms with van der Waals surface area (Å²) in [5, 5.41) is 0. The Labute approximate surface area is 131 Å². The van der Waals surface area contributed by atoms with Crippen molar-refractivity contribution in [2.24, 2.45) is 0 Å². The van der Waals surface area contributed by atoms with E-state index >= 15 is 0 Å². The molecule has 0 spiro atoms. The monoisotopic (exact) mass is 328 g/mol. The van der Waals surface area contributed by atoms with Crippen molar-refractivity contribution in [3.8, 4) is 0 Å². The lowest BCUT2D eigenvalue weighted by molar-refractivity contribution is 0.447. The minimum Gasteiger partial charge on any atom is -0.310 e. The Morgan fingerprint density at radius 3 is 1.57 bits per heavy atom. The highest BCUT2D eigenvalue weighted by molar-refractivity contribution is 7.87. The molecule has 0 bridgehead atoms. The first-order valence-corrected chi connectivity index (χ1v) is 11.1. The summed E-state index contributed by atoms with van der Waals surface area (Å²) in [6.07, 6.45) is 0. The van der Waals surface area contributed by atoms with Crippen molar-refractivity contribution < 1.29 is 12.3 Å². The predicted molar refractivity (Wildman–Crippen MR) is 90.5 cm³/mol. The molecular formula is C16H28O3SSi. The quantitative estimate of drug-likeness (QED) is 0.699. The average Bonchev–Trinajstić information content (AvgIpc) is 2.35. The van der Waals surface area contributed by atoms with Crippen molar-refractivity contribution in [2.75, 3.05) is 0 Å². The molecule has 120 valence electrons. The van der Waals surface area contributed by atoms with Gasteiger partial charge in [-0.3, -0.25) is 0 Å². The first kappa shape index (κ1) is 18.4. The summed E-state index contributed by atoms with van der Waals surface area (Å²) in [6.45, 7) is 14.4. The van der Waals surface area contributed by atoms with Crippen LogP contribution in [-0.4, -0.2) is 16.7 Å². The third-order valence-electron chi connectivity index (χ3n) is 4.27. The van der Waals surface area contributed by atoms with E-state index in [1.165, 1.54) is 0 Å². The predicted octanol–water partition coefficient (Wildman–Crippen LogP) is 4.88.